The monoisotopic (exact) mass is 360 g/mol. The van der Waals surface area contributed by atoms with Crippen LogP contribution in [0.15, 0.2) is 53.0 Å². The van der Waals surface area contributed by atoms with Crippen LogP contribution in [0.25, 0.3) is 6.08 Å². The standard InChI is InChI=1S/C17H13BrO4/c18-14-5-1-12(2-6-14)4-8-17(19)20-10-13-3-7-15-16(9-13)22-11-21-15/h1-9H,10-11H2/b8-4+. The molecule has 3 rings (SSSR count). The highest BCUT2D eigenvalue weighted by Gasteiger charge is 2.13. The second-order valence-corrected chi connectivity index (χ2v) is 5.60. The van der Waals surface area contributed by atoms with Crippen LogP contribution < -0.4 is 9.47 Å². The molecule has 0 aromatic heterocycles. The lowest BCUT2D eigenvalue weighted by atomic mass is 10.2. The van der Waals surface area contributed by atoms with E-state index >= 15 is 0 Å². The van der Waals surface area contributed by atoms with Crippen LogP contribution in [-0.4, -0.2) is 12.8 Å². The van der Waals surface area contributed by atoms with E-state index in [1.165, 1.54) is 6.08 Å². The van der Waals surface area contributed by atoms with Crippen LogP contribution >= 0.6 is 15.9 Å². The van der Waals surface area contributed by atoms with Crippen molar-refractivity contribution in [1.82, 2.24) is 0 Å². The van der Waals surface area contributed by atoms with Crippen molar-refractivity contribution in [2.45, 2.75) is 6.61 Å². The first-order chi connectivity index (χ1) is 10.7. The van der Waals surface area contributed by atoms with Gasteiger partial charge in [0.25, 0.3) is 0 Å². The highest BCUT2D eigenvalue weighted by molar-refractivity contribution is 9.10. The number of carbonyl (C=O) groups is 1. The third-order valence-electron chi connectivity index (χ3n) is 3.10. The maximum Gasteiger partial charge on any atom is 0.331 e. The molecule has 1 heterocycles. The summed E-state index contributed by atoms with van der Waals surface area (Å²) in [4.78, 5) is 11.7. The van der Waals surface area contributed by atoms with Gasteiger partial charge in [-0.3, -0.25) is 0 Å². The highest BCUT2D eigenvalue weighted by Crippen LogP contribution is 2.32. The number of hydrogen-bond donors (Lipinski definition) is 0. The van der Waals surface area contributed by atoms with E-state index in [9.17, 15) is 4.79 Å². The molecule has 2 aromatic rings. The Kier molecular flexibility index (Phi) is 4.44. The number of fused-ring (bicyclic) bond motifs is 1. The lowest BCUT2D eigenvalue weighted by molar-refractivity contribution is -0.138. The topological polar surface area (TPSA) is 44.8 Å². The summed E-state index contributed by atoms with van der Waals surface area (Å²) in [5.74, 6) is 1.00. The first-order valence-electron chi connectivity index (χ1n) is 6.70. The fourth-order valence-electron chi connectivity index (χ4n) is 1.97. The first kappa shape index (κ1) is 14.7. The number of halogens is 1. The molecule has 0 spiro atoms. The Morgan fingerprint density at radius 2 is 1.91 bits per heavy atom. The minimum Gasteiger partial charge on any atom is -0.458 e. The molecule has 0 atom stereocenters. The Balaban J connectivity index is 1.55. The van der Waals surface area contributed by atoms with Gasteiger partial charge in [-0.1, -0.05) is 34.1 Å². The van der Waals surface area contributed by atoms with Gasteiger partial charge in [-0.05, 0) is 41.5 Å². The molecule has 0 saturated carbocycles. The summed E-state index contributed by atoms with van der Waals surface area (Å²) in [7, 11) is 0. The van der Waals surface area contributed by atoms with Crippen molar-refractivity contribution < 1.29 is 19.0 Å². The molecule has 0 aliphatic carbocycles. The predicted molar refractivity (Wildman–Crippen MR) is 85.5 cm³/mol. The van der Waals surface area contributed by atoms with Crippen LogP contribution in [0.5, 0.6) is 11.5 Å². The van der Waals surface area contributed by atoms with Gasteiger partial charge in [-0.2, -0.15) is 0 Å². The fraction of sp³-hybridized carbons (Fsp3) is 0.118. The SMILES string of the molecule is O=C(/C=C/c1ccc(Br)cc1)OCc1ccc2c(c1)OCO2. The molecular weight excluding hydrogens is 348 g/mol. The summed E-state index contributed by atoms with van der Waals surface area (Å²) < 4.78 is 16.7. The van der Waals surface area contributed by atoms with Crippen LogP contribution in [-0.2, 0) is 16.1 Å². The number of hydrogen-bond acceptors (Lipinski definition) is 4. The van der Waals surface area contributed by atoms with Crippen LogP contribution in [0, 0.1) is 0 Å². The highest BCUT2D eigenvalue weighted by atomic mass is 79.9. The first-order valence-corrected chi connectivity index (χ1v) is 7.49. The molecule has 2 aromatic carbocycles. The Morgan fingerprint density at radius 1 is 1.14 bits per heavy atom. The summed E-state index contributed by atoms with van der Waals surface area (Å²) >= 11 is 3.36. The van der Waals surface area contributed by atoms with E-state index < -0.39 is 0 Å². The second kappa shape index (κ2) is 6.66. The van der Waals surface area contributed by atoms with Crippen molar-refractivity contribution in [2.24, 2.45) is 0 Å². The van der Waals surface area contributed by atoms with Crippen molar-refractivity contribution in [3.63, 3.8) is 0 Å². The molecule has 0 bridgehead atoms. The minimum absolute atomic E-state index is 0.195. The maximum absolute atomic E-state index is 11.7. The molecule has 5 heteroatoms. The van der Waals surface area contributed by atoms with Crippen LogP contribution in [0.1, 0.15) is 11.1 Å². The third kappa shape index (κ3) is 3.68. The van der Waals surface area contributed by atoms with Crippen molar-refractivity contribution >= 4 is 28.0 Å². The molecular formula is C17H13BrO4. The lowest BCUT2D eigenvalue weighted by Gasteiger charge is -2.03. The smallest absolute Gasteiger partial charge is 0.331 e. The Morgan fingerprint density at radius 3 is 2.73 bits per heavy atom. The zero-order chi connectivity index (χ0) is 15.4. The Labute approximate surface area is 136 Å². The number of ether oxygens (including phenoxy) is 3. The molecule has 0 radical (unpaired) electrons. The molecule has 112 valence electrons. The number of carbonyl (C=O) groups excluding carboxylic acids is 1. The Bertz CT molecular complexity index is 707. The van der Waals surface area contributed by atoms with E-state index in [-0.39, 0.29) is 19.4 Å². The van der Waals surface area contributed by atoms with Gasteiger partial charge in [-0.15, -0.1) is 0 Å². The summed E-state index contributed by atoms with van der Waals surface area (Å²) in [6, 6.07) is 13.1. The molecule has 0 fully saturated rings. The van der Waals surface area contributed by atoms with Gasteiger partial charge >= 0.3 is 5.97 Å². The van der Waals surface area contributed by atoms with E-state index in [0.717, 1.165) is 15.6 Å². The quantitative estimate of drug-likeness (QED) is 0.611. The lowest BCUT2D eigenvalue weighted by Crippen LogP contribution is -2.00. The molecule has 0 amide bonds. The maximum atomic E-state index is 11.7. The average Bonchev–Trinajstić information content (AvgIpc) is 3.00. The fourth-order valence-corrected chi connectivity index (χ4v) is 2.24. The second-order valence-electron chi connectivity index (χ2n) is 4.68. The number of rotatable bonds is 4. The minimum atomic E-state index is -0.388. The van der Waals surface area contributed by atoms with Gasteiger partial charge in [0.1, 0.15) is 6.61 Å². The summed E-state index contributed by atoms with van der Waals surface area (Å²) in [5, 5.41) is 0. The van der Waals surface area contributed by atoms with Crippen LogP contribution in [0.3, 0.4) is 0 Å². The average molecular weight is 361 g/mol. The largest absolute Gasteiger partial charge is 0.458 e. The van der Waals surface area contributed by atoms with Gasteiger partial charge in [0, 0.05) is 10.5 Å². The normalized spacial score (nSPS) is 12.6. The number of benzene rings is 2. The van der Waals surface area contributed by atoms with Gasteiger partial charge in [-0.25, -0.2) is 4.79 Å². The molecule has 1 aliphatic heterocycles. The van der Waals surface area contributed by atoms with Crippen LogP contribution in [0.4, 0.5) is 0 Å². The van der Waals surface area contributed by atoms with Crippen molar-refractivity contribution in [3.8, 4) is 11.5 Å². The number of esters is 1. The molecule has 0 N–H and O–H groups in total. The van der Waals surface area contributed by atoms with Gasteiger partial charge < -0.3 is 14.2 Å². The van der Waals surface area contributed by atoms with Gasteiger partial charge in [0.2, 0.25) is 6.79 Å². The van der Waals surface area contributed by atoms with E-state index in [2.05, 4.69) is 15.9 Å². The van der Waals surface area contributed by atoms with Crippen molar-refractivity contribution in [1.29, 1.82) is 0 Å². The molecule has 1 aliphatic rings. The van der Waals surface area contributed by atoms with E-state index in [4.69, 9.17) is 14.2 Å². The van der Waals surface area contributed by atoms with Gasteiger partial charge in [0.05, 0.1) is 0 Å². The summed E-state index contributed by atoms with van der Waals surface area (Å²) in [5.41, 5.74) is 1.79. The third-order valence-corrected chi connectivity index (χ3v) is 3.63. The summed E-state index contributed by atoms with van der Waals surface area (Å²) in [6.45, 7) is 0.425. The van der Waals surface area contributed by atoms with Crippen molar-refractivity contribution in [2.75, 3.05) is 6.79 Å². The van der Waals surface area contributed by atoms with E-state index in [1.807, 2.05) is 42.5 Å². The Hall–Kier alpha value is -2.27. The zero-order valence-electron chi connectivity index (χ0n) is 11.6. The van der Waals surface area contributed by atoms with Gasteiger partial charge in [0.15, 0.2) is 11.5 Å². The predicted octanol–water partition coefficient (Wildman–Crippen LogP) is 3.93. The van der Waals surface area contributed by atoms with E-state index in [0.29, 0.717) is 11.5 Å². The summed E-state index contributed by atoms with van der Waals surface area (Å²) in [6.07, 6.45) is 3.13. The molecule has 0 saturated heterocycles. The van der Waals surface area contributed by atoms with E-state index in [1.54, 1.807) is 6.08 Å². The van der Waals surface area contributed by atoms with Crippen LogP contribution in [0.2, 0.25) is 0 Å². The molecule has 4 nitrogen and oxygen atoms in total. The molecule has 22 heavy (non-hydrogen) atoms. The zero-order valence-corrected chi connectivity index (χ0v) is 13.2. The van der Waals surface area contributed by atoms with Crippen molar-refractivity contribution in [3.05, 3.63) is 64.1 Å². The molecule has 0 unspecified atom stereocenters.